The molecule has 0 aliphatic carbocycles. The lowest BCUT2D eigenvalue weighted by Crippen LogP contribution is -2.06. The number of rotatable bonds is 13. The number of aromatic nitrogens is 1. The lowest BCUT2D eigenvalue weighted by Gasteiger charge is -2.08. The molecule has 0 bridgehead atoms. The summed E-state index contributed by atoms with van der Waals surface area (Å²) in [6.07, 6.45) is 12.0. The Kier molecular flexibility index (Phi) is 10.6. The maximum absolute atomic E-state index is 4.56. The van der Waals surface area contributed by atoms with Crippen molar-refractivity contribution < 1.29 is 0 Å². The van der Waals surface area contributed by atoms with E-state index in [1.807, 2.05) is 12.1 Å². The van der Waals surface area contributed by atoms with Crippen LogP contribution >= 0.6 is 0 Å². The highest BCUT2D eigenvalue weighted by Gasteiger charge is 1.97. The normalized spacial score (nSPS) is 10.6. The van der Waals surface area contributed by atoms with Crippen molar-refractivity contribution in [2.75, 3.05) is 23.7 Å². The number of hydrogen-bond acceptors (Lipinski definition) is 3. The summed E-state index contributed by atoms with van der Waals surface area (Å²) in [5.74, 6) is 1.96. The van der Waals surface area contributed by atoms with Crippen LogP contribution in [0.25, 0.3) is 0 Å². The summed E-state index contributed by atoms with van der Waals surface area (Å²) in [4.78, 5) is 4.56. The zero-order valence-corrected chi connectivity index (χ0v) is 14.0. The maximum Gasteiger partial charge on any atom is 0.128 e. The summed E-state index contributed by atoms with van der Waals surface area (Å²) >= 11 is 0. The van der Waals surface area contributed by atoms with Crippen LogP contribution in [0.2, 0.25) is 0 Å². The van der Waals surface area contributed by atoms with Crippen LogP contribution in [0.1, 0.15) is 71.6 Å². The van der Waals surface area contributed by atoms with Crippen LogP contribution in [0.15, 0.2) is 18.2 Å². The van der Waals surface area contributed by atoms with Gasteiger partial charge in [0, 0.05) is 13.1 Å². The highest BCUT2D eigenvalue weighted by atomic mass is 15.1. The van der Waals surface area contributed by atoms with Crippen LogP contribution in [0.3, 0.4) is 0 Å². The summed E-state index contributed by atoms with van der Waals surface area (Å²) < 4.78 is 0. The SMILES string of the molecule is CCCCCCCCCCNc1cccc(NCCC)n1. The number of unbranched alkanes of at least 4 members (excludes halogenated alkanes) is 7. The van der Waals surface area contributed by atoms with Gasteiger partial charge in [-0.2, -0.15) is 0 Å². The molecule has 21 heavy (non-hydrogen) atoms. The first-order valence-electron chi connectivity index (χ1n) is 8.81. The molecule has 0 unspecified atom stereocenters. The third-order valence-corrected chi connectivity index (χ3v) is 3.64. The first-order chi connectivity index (χ1) is 10.4. The van der Waals surface area contributed by atoms with E-state index in [0.29, 0.717) is 0 Å². The summed E-state index contributed by atoms with van der Waals surface area (Å²) in [5.41, 5.74) is 0. The average molecular weight is 291 g/mol. The Morgan fingerprint density at radius 3 is 1.90 bits per heavy atom. The Balaban J connectivity index is 2.04. The largest absolute Gasteiger partial charge is 0.370 e. The van der Waals surface area contributed by atoms with Gasteiger partial charge in [0.25, 0.3) is 0 Å². The first-order valence-corrected chi connectivity index (χ1v) is 8.81. The van der Waals surface area contributed by atoms with Crippen LogP contribution < -0.4 is 10.6 Å². The molecule has 0 spiro atoms. The lowest BCUT2D eigenvalue weighted by molar-refractivity contribution is 0.581. The highest BCUT2D eigenvalue weighted by Crippen LogP contribution is 2.11. The number of anilines is 2. The van der Waals surface area contributed by atoms with Crippen molar-refractivity contribution in [3.05, 3.63) is 18.2 Å². The zero-order chi connectivity index (χ0) is 15.2. The fourth-order valence-electron chi connectivity index (χ4n) is 2.36. The van der Waals surface area contributed by atoms with Gasteiger partial charge in [-0.1, -0.05) is 64.9 Å². The molecule has 1 aromatic rings. The summed E-state index contributed by atoms with van der Waals surface area (Å²) in [6.45, 7) is 6.44. The van der Waals surface area contributed by atoms with Gasteiger partial charge in [-0.05, 0) is 25.0 Å². The lowest BCUT2D eigenvalue weighted by atomic mass is 10.1. The van der Waals surface area contributed by atoms with Gasteiger partial charge in [-0.25, -0.2) is 4.98 Å². The fraction of sp³-hybridized carbons (Fsp3) is 0.722. The molecule has 3 heteroatoms. The quantitative estimate of drug-likeness (QED) is 0.474. The maximum atomic E-state index is 4.56. The number of nitrogens with zero attached hydrogens (tertiary/aromatic N) is 1. The van der Waals surface area contributed by atoms with Gasteiger partial charge in [0.15, 0.2) is 0 Å². The second kappa shape index (κ2) is 12.5. The minimum Gasteiger partial charge on any atom is -0.370 e. The van der Waals surface area contributed by atoms with Gasteiger partial charge in [0.05, 0.1) is 0 Å². The van der Waals surface area contributed by atoms with Crippen LogP contribution in [0.5, 0.6) is 0 Å². The molecular formula is C18H33N3. The average Bonchev–Trinajstić information content (AvgIpc) is 2.52. The van der Waals surface area contributed by atoms with Crippen molar-refractivity contribution >= 4 is 11.6 Å². The van der Waals surface area contributed by atoms with Gasteiger partial charge >= 0.3 is 0 Å². The summed E-state index contributed by atoms with van der Waals surface area (Å²) in [6, 6.07) is 6.13. The molecule has 2 N–H and O–H groups in total. The number of nitrogens with one attached hydrogen (secondary N) is 2. The molecule has 3 nitrogen and oxygen atoms in total. The molecule has 0 radical (unpaired) electrons. The van der Waals surface area contributed by atoms with Crippen LogP contribution in [-0.2, 0) is 0 Å². The summed E-state index contributed by atoms with van der Waals surface area (Å²) in [7, 11) is 0. The standard InChI is InChI=1S/C18H33N3/c1-3-5-6-7-8-9-10-11-16-20-18-14-12-13-17(21-18)19-15-4-2/h12-14H,3-11,15-16H2,1-2H3,(H2,19,20,21). The predicted octanol–water partition coefficient (Wildman–Crippen LogP) is 5.46. The minimum atomic E-state index is 0.970. The van der Waals surface area contributed by atoms with Gasteiger partial charge in [0.2, 0.25) is 0 Å². The number of hydrogen-bond donors (Lipinski definition) is 2. The Morgan fingerprint density at radius 2 is 1.29 bits per heavy atom. The monoisotopic (exact) mass is 291 g/mol. The van der Waals surface area contributed by atoms with Crippen molar-refractivity contribution in [2.24, 2.45) is 0 Å². The molecule has 0 fully saturated rings. The topological polar surface area (TPSA) is 37.0 Å². The highest BCUT2D eigenvalue weighted by molar-refractivity contribution is 5.44. The van der Waals surface area contributed by atoms with Crippen LogP contribution in [0, 0.1) is 0 Å². The Morgan fingerprint density at radius 1 is 0.714 bits per heavy atom. The molecule has 1 aromatic heterocycles. The van der Waals surface area contributed by atoms with Crippen molar-refractivity contribution in [3.63, 3.8) is 0 Å². The second-order valence-corrected chi connectivity index (χ2v) is 5.74. The van der Waals surface area contributed by atoms with Crippen LogP contribution in [0.4, 0.5) is 11.6 Å². The Hall–Kier alpha value is -1.25. The fourth-order valence-corrected chi connectivity index (χ4v) is 2.36. The smallest absolute Gasteiger partial charge is 0.128 e. The zero-order valence-electron chi connectivity index (χ0n) is 14.0. The Bertz CT molecular complexity index is 352. The van der Waals surface area contributed by atoms with E-state index in [1.54, 1.807) is 0 Å². The van der Waals surface area contributed by atoms with Crippen molar-refractivity contribution in [1.82, 2.24) is 4.98 Å². The predicted molar refractivity (Wildman–Crippen MR) is 94.1 cm³/mol. The molecular weight excluding hydrogens is 258 g/mol. The third-order valence-electron chi connectivity index (χ3n) is 3.64. The summed E-state index contributed by atoms with van der Waals surface area (Å²) in [5, 5.41) is 6.74. The van der Waals surface area contributed by atoms with E-state index in [0.717, 1.165) is 31.1 Å². The van der Waals surface area contributed by atoms with Gasteiger partial charge in [0.1, 0.15) is 11.6 Å². The Labute approximate surface area is 130 Å². The molecule has 0 amide bonds. The first kappa shape index (κ1) is 17.8. The van der Waals surface area contributed by atoms with Gasteiger partial charge in [-0.15, -0.1) is 0 Å². The van der Waals surface area contributed by atoms with Crippen molar-refractivity contribution in [1.29, 1.82) is 0 Å². The van der Waals surface area contributed by atoms with Gasteiger partial charge in [-0.3, -0.25) is 0 Å². The van der Waals surface area contributed by atoms with E-state index in [9.17, 15) is 0 Å². The molecule has 0 aliphatic heterocycles. The van der Waals surface area contributed by atoms with E-state index in [4.69, 9.17) is 0 Å². The second-order valence-electron chi connectivity index (χ2n) is 5.74. The molecule has 0 atom stereocenters. The molecule has 0 aliphatic rings. The molecule has 0 saturated carbocycles. The van der Waals surface area contributed by atoms with Gasteiger partial charge < -0.3 is 10.6 Å². The number of pyridine rings is 1. The third kappa shape index (κ3) is 9.33. The molecule has 120 valence electrons. The van der Waals surface area contributed by atoms with Crippen LogP contribution in [-0.4, -0.2) is 18.1 Å². The minimum absolute atomic E-state index is 0.970. The van der Waals surface area contributed by atoms with E-state index in [2.05, 4.69) is 35.5 Å². The van der Waals surface area contributed by atoms with E-state index in [1.165, 1.54) is 51.4 Å². The molecule has 1 rings (SSSR count). The van der Waals surface area contributed by atoms with E-state index in [-0.39, 0.29) is 0 Å². The molecule has 1 heterocycles. The van der Waals surface area contributed by atoms with Crippen molar-refractivity contribution in [2.45, 2.75) is 71.6 Å². The van der Waals surface area contributed by atoms with E-state index < -0.39 is 0 Å². The van der Waals surface area contributed by atoms with Crippen molar-refractivity contribution in [3.8, 4) is 0 Å². The molecule has 0 aromatic carbocycles. The van der Waals surface area contributed by atoms with E-state index >= 15 is 0 Å². The molecule has 0 saturated heterocycles.